The SMILES string of the molecule is Cc1sc(NC(=O)COc2ccc(F)cc2)nc1-c1ccc(Cl)cc1. The number of ether oxygens (including phenoxy) is 1. The van der Waals surface area contributed by atoms with Gasteiger partial charge in [-0.3, -0.25) is 10.1 Å². The molecule has 3 aromatic rings. The van der Waals surface area contributed by atoms with Gasteiger partial charge < -0.3 is 4.74 Å². The second kappa shape index (κ2) is 7.63. The summed E-state index contributed by atoms with van der Waals surface area (Å²) in [5.74, 6) is -0.265. The highest BCUT2D eigenvalue weighted by Crippen LogP contribution is 2.31. The van der Waals surface area contributed by atoms with Crippen LogP contribution in [-0.4, -0.2) is 17.5 Å². The van der Waals surface area contributed by atoms with Crippen molar-refractivity contribution in [1.29, 1.82) is 0 Å². The van der Waals surface area contributed by atoms with Gasteiger partial charge in [0.15, 0.2) is 11.7 Å². The summed E-state index contributed by atoms with van der Waals surface area (Å²) < 4.78 is 18.1. The molecule has 0 saturated carbocycles. The number of carbonyl (C=O) groups is 1. The minimum Gasteiger partial charge on any atom is -0.484 e. The second-order valence-electron chi connectivity index (χ2n) is 5.22. The van der Waals surface area contributed by atoms with E-state index >= 15 is 0 Å². The number of carbonyl (C=O) groups excluding carboxylic acids is 1. The lowest BCUT2D eigenvalue weighted by Crippen LogP contribution is -2.20. The lowest BCUT2D eigenvalue weighted by atomic mass is 10.1. The molecule has 0 atom stereocenters. The van der Waals surface area contributed by atoms with Crippen LogP contribution in [-0.2, 0) is 4.79 Å². The van der Waals surface area contributed by atoms with Crippen LogP contribution in [0.4, 0.5) is 9.52 Å². The first kappa shape index (κ1) is 17.4. The number of benzene rings is 2. The topological polar surface area (TPSA) is 51.2 Å². The maximum atomic E-state index is 12.8. The van der Waals surface area contributed by atoms with E-state index in [1.165, 1.54) is 35.6 Å². The number of aromatic nitrogens is 1. The number of aryl methyl sites for hydroxylation is 1. The van der Waals surface area contributed by atoms with Crippen molar-refractivity contribution in [2.75, 3.05) is 11.9 Å². The Morgan fingerprint density at radius 3 is 2.56 bits per heavy atom. The van der Waals surface area contributed by atoms with Crippen LogP contribution in [0.3, 0.4) is 0 Å². The molecule has 0 unspecified atom stereocenters. The third-order valence-corrected chi connectivity index (χ3v) is 4.48. The zero-order valence-electron chi connectivity index (χ0n) is 13.3. The number of halogens is 2. The van der Waals surface area contributed by atoms with Gasteiger partial charge in [0.2, 0.25) is 0 Å². The summed E-state index contributed by atoms with van der Waals surface area (Å²) in [5.41, 5.74) is 1.73. The molecule has 3 rings (SSSR count). The van der Waals surface area contributed by atoms with Crippen molar-refractivity contribution < 1.29 is 13.9 Å². The largest absolute Gasteiger partial charge is 0.484 e. The van der Waals surface area contributed by atoms with Gasteiger partial charge in [-0.2, -0.15) is 0 Å². The van der Waals surface area contributed by atoms with Crippen molar-refractivity contribution in [3.8, 4) is 17.0 Å². The van der Waals surface area contributed by atoms with Crippen LogP contribution < -0.4 is 10.1 Å². The van der Waals surface area contributed by atoms with Crippen LogP contribution in [0.2, 0.25) is 5.02 Å². The normalized spacial score (nSPS) is 10.5. The smallest absolute Gasteiger partial charge is 0.264 e. The van der Waals surface area contributed by atoms with Crippen molar-refractivity contribution in [2.24, 2.45) is 0 Å². The first-order valence-corrected chi connectivity index (χ1v) is 8.62. The number of nitrogens with zero attached hydrogens (tertiary/aromatic N) is 1. The fourth-order valence-electron chi connectivity index (χ4n) is 2.16. The molecule has 7 heteroatoms. The molecule has 1 heterocycles. The number of rotatable bonds is 5. The summed E-state index contributed by atoms with van der Waals surface area (Å²) in [6, 6.07) is 12.8. The summed E-state index contributed by atoms with van der Waals surface area (Å²) in [5, 5.41) is 3.86. The van der Waals surface area contributed by atoms with Gasteiger partial charge in [0.25, 0.3) is 5.91 Å². The Hall–Kier alpha value is -2.44. The summed E-state index contributed by atoms with van der Waals surface area (Å²) in [6.07, 6.45) is 0. The van der Waals surface area contributed by atoms with E-state index < -0.39 is 0 Å². The van der Waals surface area contributed by atoms with Crippen molar-refractivity contribution in [3.63, 3.8) is 0 Å². The number of nitrogens with one attached hydrogen (secondary N) is 1. The molecule has 0 radical (unpaired) electrons. The second-order valence-corrected chi connectivity index (χ2v) is 6.86. The first-order chi connectivity index (χ1) is 12.0. The molecule has 0 aliphatic carbocycles. The molecule has 1 aromatic heterocycles. The molecule has 4 nitrogen and oxygen atoms in total. The fourth-order valence-corrected chi connectivity index (χ4v) is 3.14. The Kier molecular flexibility index (Phi) is 5.31. The fraction of sp³-hybridized carbons (Fsp3) is 0.111. The molecular weight excluding hydrogens is 363 g/mol. The van der Waals surface area contributed by atoms with E-state index in [0.717, 1.165) is 16.1 Å². The molecule has 0 spiro atoms. The standard InChI is InChI=1S/C18H14ClFN2O2S/c1-11-17(12-2-4-13(19)5-3-12)22-18(25-11)21-16(23)10-24-15-8-6-14(20)7-9-15/h2-9H,10H2,1H3,(H,21,22,23). The van der Waals surface area contributed by atoms with Crippen molar-refractivity contribution in [1.82, 2.24) is 4.98 Å². The molecule has 0 bridgehead atoms. The van der Waals surface area contributed by atoms with E-state index in [9.17, 15) is 9.18 Å². The molecule has 25 heavy (non-hydrogen) atoms. The van der Waals surface area contributed by atoms with Crippen LogP contribution in [0.25, 0.3) is 11.3 Å². The molecule has 1 amide bonds. The molecule has 0 aliphatic heterocycles. The molecular formula is C18H14ClFN2O2S. The maximum Gasteiger partial charge on any atom is 0.264 e. The molecule has 0 saturated heterocycles. The van der Waals surface area contributed by atoms with Crippen LogP contribution in [0.5, 0.6) is 5.75 Å². The van der Waals surface area contributed by atoms with E-state index in [0.29, 0.717) is 15.9 Å². The monoisotopic (exact) mass is 376 g/mol. The molecule has 1 N–H and O–H groups in total. The number of hydrogen-bond donors (Lipinski definition) is 1. The van der Waals surface area contributed by atoms with Crippen LogP contribution in [0.15, 0.2) is 48.5 Å². The van der Waals surface area contributed by atoms with E-state index in [1.54, 1.807) is 12.1 Å². The Morgan fingerprint density at radius 1 is 1.20 bits per heavy atom. The van der Waals surface area contributed by atoms with Gasteiger partial charge >= 0.3 is 0 Å². The Bertz CT molecular complexity index is 879. The van der Waals surface area contributed by atoms with E-state index in [-0.39, 0.29) is 18.3 Å². The van der Waals surface area contributed by atoms with Crippen molar-refractivity contribution in [3.05, 3.63) is 64.2 Å². The number of amides is 1. The quantitative estimate of drug-likeness (QED) is 0.687. The van der Waals surface area contributed by atoms with Gasteiger partial charge in [-0.15, -0.1) is 11.3 Å². The predicted octanol–water partition coefficient (Wildman–Crippen LogP) is 4.93. The van der Waals surface area contributed by atoms with Crippen LogP contribution in [0.1, 0.15) is 4.88 Å². The molecule has 128 valence electrons. The van der Waals surface area contributed by atoms with E-state index in [1.807, 2.05) is 19.1 Å². The minimum absolute atomic E-state index is 0.180. The number of thiazole rings is 1. The average Bonchev–Trinajstić information content (AvgIpc) is 2.95. The summed E-state index contributed by atoms with van der Waals surface area (Å²) in [4.78, 5) is 17.4. The van der Waals surface area contributed by atoms with Crippen molar-refractivity contribution in [2.45, 2.75) is 6.92 Å². The van der Waals surface area contributed by atoms with Crippen molar-refractivity contribution >= 4 is 34.0 Å². The van der Waals surface area contributed by atoms with Gasteiger partial charge in [0.05, 0.1) is 5.69 Å². The molecule has 0 aliphatic rings. The predicted molar refractivity (Wildman–Crippen MR) is 97.8 cm³/mol. The van der Waals surface area contributed by atoms with Gasteiger partial charge in [-0.25, -0.2) is 9.37 Å². The zero-order valence-corrected chi connectivity index (χ0v) is 14.8. The highest BCUT2D eigenvalue weighted by Gasteiger charge is 2.12. The lowest BCUT2D eigenvalue weighted by Gasteiger charge is -2.05. The van der Waals surface area contributed by atoms with E-state index in [4.69, 9.17) is 16.3 Å². The lowest BCUT2D eigenvalue weighted by molar-refractivity contribution is -0.118. The number of anilines is 1. The van der Waals surface area contributed by atoms with E-state index in [2.05, 4.69) is 10.3 Å². The zero-order chi connectivity index (χ0) is 17.8. The number of hydrogen-bond acceptors (Lipinski definition) is 4. The van der Waals surface area contributed by atoms with Gasteiger partial charge in [0, 0.05) is 15.5 Å². The highest BCUT2D eigenvalue weighted by atomic mass is 35.5. The first-order valence-electron chi connectivity index (χ1n) is 7.43. The minimum atomic E-state index is -0.357. The Balaban J connectivity index is 1.62. The third kappa shape index (κ3) is 4.55. The summed E-state index contributed by atoms with van der Waals surface area (Å²) in [6.45, 7) is 1.76. The van der Waals surface area contributed by atoms with Gasteiger partial charge in [-0.1, -0.05) is 23.7 Å². The Morgan fingerprint density at radius 2 is 1.88 bits per heavy atom. The van der Waals surface area contributed by atoms with Gasteiger partial charge in [0.1, 0.15) is 11.6 Å². The summed E-state index contributed by atoms with van der Waals surface area (Å²) >= 11 is 7.28. The summed E-state index contributed by atoms with van der Waals surface area (Å²) in [7, 11) is 0. The van der Waals surface area contributed by atoms with Gasteiger partial charge in [-0.05, 0) is 43.3 Å². The molecule has 0 fully saturated rings. The molecule has 2 aromatic carbocycles. The van der Waals surface area contributed by atoms with Crippen LogP contribution in [0, 0.1) is 12.7 Å². The average molecular weight is 377 g/mol. The Labute approximate surface area is 153 Å². The van der Waals surface area contributed by atoms with Crippen LogP contribution >= 0.6 is 22.9 Å². The maximum absolute atomic E-state index is 12.8. The third-order valence-electron chi connectivity index (χ3n) is 3.34. The highest BCUT2D eigenvalue weighted by molar-refractivity contribution is 7.16.